The molecule has 0 aliphatic heterocycles. The van der Waals surface area contributed by atoms with Crippen molar-refractivity contribution < 1.29 is 14.3 Å². The summed E-state index contributed by atoms with van der Waals surface area (Å²) in [5.74, 6) is -1.57. The molecule has 1 rings (SSSR count). The van der Waals surface area contributed by atoms with Crippen LogP contribution in [0.15, 0.2) is 18.2 Å². The lowest BCUT2D eigenvalue weighted by Crippen LogP contribution is -2.37. The van der Waals surface area contributed by atoms with E-state index >= 15 is 0 Å². The van der Waals surface area contributed by atoms with Crippen molar-refractivity contribution in [1.82, 2.24) is 5.32 Å². The van der Waals surface area contributed by atoms with Crippen molar-refractivity contribution >= 4 is 29.1 Å². The van der Waals surface area contributed by atoms with E-state index in [1.54, 1.807) is 0 Å². The largest absolute Gasteiger partial charge is 0.383 e. The summed E-state index contributed by atoms with van der Waals surface area (Å²) >= 11 is 5.80. The van der Waals surface area contributed by atoms with Crippen molar-refractivity contribution in [3.05, 3.63) is 28.8 Å². The van der Waals surface area contributed by atoms with Crippen molar-refractivity contribution in [1.29, 1.82) is 5.26 Å². The topological polar surface area (TPSA) is 91.2 Å². The zero-order valence-electron chi connectivity index (χ0n) is 10.2. The lowest BCUT2D eigenvalue weighted by atomic mass is 10.2. The number of amides is 2. The van der Waals surface area contributed by atoms with E-state index in [0.29, 0.717) is 17.9 Å². The van der Waals surface area contributed by atoms with Gasteiger partial charge in [0.15, 0.2) is 0 Å². The van der Waals surface area contributed by atoms with Gasteiger partial charge in [-0.15, -0.1) is 0 Å². The van der Waals surface area contributed by atoms with E-state index in [1.165, 1.54) is 25.3 Å². The minimum atomic E-state index is -0.808. The molecule has 7 heteroatoms. The average molecular weight is 282 g/mol. The molecule has 6 nitrogen and oxygen atoms in total. The molecule has 0 saturated carbocycles. The van der Waals surface area contributed by atoms with Gasteiger partial charge in [-0.2, -0.15) is 5.26 Å². The molecule has 19 heavy (non-hydrogen) atoms. The summed E-state index contributed by atoms with van der Waals surface area (Å²) in [4.78, 5) is 22.9. The van der Waals surface area contributed by atoms with E-state index in [4.69, 9.17) is 21.6 Å². The van der Waals surface area contributed by atoms with Gasteiger partial charge in [0.2, 0.25) is 0 Å². The van der Waals surface area contributed by atoms with Crippen LogP contribution in [0.2, 0.25) is 5.02 Å². The Morgan fingerprint density at radius 3 is 2.74 bits per heavy atom. The third-order valence-corrected chi connectivity index (χ3v) is 2.46. The Morgan fingerprint density at radius 2 is 2.16 bits per heavy atom. The number of nitrogens with one attached hydrogen (secondary N) is 2. The molecule has 0 spiro atoms. The van der Waals surface area contributed by atoms with E-state index in [0.717, 1.165) is 0 Å². The molecular formula is C12H12ClN3O3. The number of nitriles is 1. The summed E-state index contributed by atoms with van der Waals surface area (Å²) in [5, 5.41) is 13.7. The highest BCUT2D eigenvalue weighted by atomic mass is 35.5. The van der Waals surface area contributed by atoms with Gasteiger partial charge in [0.25, 0.3) is 0 Å². The molecule has 0 aromatic heterocycles. The van der Waals surface area contributed by atoms with E-state index in [-0.39, 0.29) is 11.6 Å². The lowest BCUT2D eigenvalue weighted by Gasteiger charge is -2.06. The van der Waals surface area contributed by atoms with Crippen LogP contribution in [0.1, 0.15) is 5.56 Å². The average Bonchev–Trinajstić information content (AvgIpc) is 2.39. The maximum atomic E-state index is 11.5. The van der Waals surface area contributed by atoms with Gasteiger partial charge in [-0.25, -0.2) is 0 Å². The van der Waals surface area contributed by atoms with Gasteiger partial charge in [-0.3, -0.25) is 9.59 Å². The van der Waals surface area contributed by atoms with Gasteiger partial charge < -0.3 is 15.4 Å². The van der Waals surface area contributed by atoms with Crippen molar-refractivity contribution in [3.63, 3.8) is 0 Å². The fourth-order valence-electron chi connectivity index (χ4n) is 1.22. The second-order valence-electron chi connectivity index (χ2n) is 3.51. The molecule has 0 bridgehead atoms. The maximum Gasteiger partial charge on any atom is 0.313 e. The Labute approximate surface area is 115 Å². The van der Waals surface area contributed by atoms with Crippen LogP contribution in [0.3, 0.4) is 0 Å². The predicted molar refractivity (Wildman–Crippen MR) is 69.7 cm³/mol. The first-order chi connectivity index (χ1) is 9.08. The van der Waals surface area contributed by atoms with E-state index in [2.05, 4.69) is 10.6 Å². The van der Waals surface area contributed by atoms with Gasteiger partial charge in [-0.05, 0) is 18.2 Å². The molecule has 0 atom stereocenters. The van der Waals surface area contributed by atoms with Crippen LogP contribution < -0.4 is 10.6 Å². The highest BCUT2D eigenvalue weighted by molar-refractivity contribution is 6.39. The predicted octanol–water partition coefficient (Wildman–Crippen LogP) is 0.913. The Hall–Kier alpha value is -2.10. The number of rotatable bonds is 4. The van der Waals surface area contributed by atoms with Crippen molar-refractivity contribution in [2.75, 3.05) is 25.6 Å². The molecule has 0 fully saturated rings. The highest BCUT2D eigenvalue weighted by Gasteiger charge is 2.13. The van der Waals surface area contributed by atoms with Crippen LogP contribution in [0.5, 0.6) is 0 Å². The normalized spacial score (nSPS) is 9.53. The van der Waals surface area contributed by atoms with Crippen LogP contribution >= 0.6 is 11.6 Å². The van der Waals surface area contributed by atoms with E-state index in [1.807, 2.05) is 6.07 Å². The molecule has 2 amide bonds. The van der Waals surface area contributed by atoms with Crippen LogP contribution in [0.4, 0.5) is 5.69 Å². The molecule has 0 aliphatic carbocycles. The molecule has 0 radical (unpaired) electrons. The molecular weight excluding hydrogens is 270 g/mol. The molecule has 0 unspecified atom stereocenters. The van der Waals surface area contributed by atoms with E-state index in [9.17, 15) is 9.59 Å². The fourth-order valence-corrected chi connectivity index (χ4v) is 1.44. The summed E-state index contributed by atoms with van der Waals surface area (Å²) < 4.78 is 4.74. The van der Waals surface area contributed by atoms with Crippen molar-refractivity contribution in [2.24, 2.45) is 0 Å². The number of ether oxygens (including phenoxy) is 1. The standard InChI is InChI=1S/C12H12ClN3O3/c1-19-5-4-15-11(17)12(18)16-9-3-2-8(7-14)10(13)6-9/h2-3,6H,4-5H2,1H3,(H,15,17)(H,16,18). The number of methoxy groups -OCH3 is 1. The second-order valence-corrected chi connectivity index (χ2v) is 3.92. The monoisotopic (exact) mass is 281 g/mol. The molecule has 1 aromatic rings. The van der Waals surface area contributed by atoms with E-state index < -0.39 is 11.8 Å². The van der Waals surface area contributed by atoms with Crippen molar-refractivity contribution in [3.8, 4) is 6.07 Å². The Balaban J connectivity index is 2.60. The molecule has 0 heterocycles. The Bertz CT molecular complexity index is 525. The minimum Gasteiger partial charge on any atom is -0.383 e. The molecule has 0 saturated heterocycles. The third kappa shape index (κ3) is 4.58. The van der Waals surface area contributed by atoms with Crippen molar-refractivity contribution in [2.45, 2.75) is 0 Å². The molecule has 100 valence electrons. The summed E-state index contributed by atoms with van der Waals surface area (Å²) in [6.07, 6.45) is 0. The number of halogens is 1. The number of benzene rings is 1. The summed E-state index contributed by atoms with van der Waals surface area (Å²) in [6, 6.07) is 6.25. The Kier molecular flexibility index (Phi) is 5.79. The first-order valence-electron chi connectivity index (χ1n) is 5.36. The molecule has 2 N–H and O–H groups in total. The van der Waals surface area contributed by atoms with Crippen LogP contribution in [-0.4, -0.2) is 32.1 Å². The fraction of sp³-hybridized carbons (Fsp3) is 0.250. The minimum absolute atomic E-state index is 0.208. The van der Waals surface area contributed by atoms with Gasteiger partial charge in [0, 0.05) is 19.3 Å². The first-order valence-corrected chi connectivity index (χ1v) is 5.74. The second kappa shape index (κ2) is 7.36. The van der Waals surface area contributed by atoms with Crippen LogP contribution in [0, 0.1) is 11.3 Å². The SMILES string of the molecule is COCCNC(=O)C(=O)Nc1ccc(C#N)c(Cl)c1. The quantitative estimate of drug-likeness (QED) is 0.634. The van der Waals surface area contributed by atoms with Gasteiger partial charge in [-0.1, -0.05) is 11.6 Å². The Morgan fingerprint density at radius 1 is 1.42 bits per heavy atom. The smallest absolute Gasteiger partial charge is 0.313 e. The highest BCUT2D eigenvalue weighted by Crippen LogP contribution is 2.19. The third-order valence-electron chi connectivity index (χ3n) is 2.15. The summed E-state index contributed by atoms with van der Waals surface area (Å²) in [5.41, 5.74) is 0.639. The number of anilines is 1. The lowest BCUT2D eigenvalue weighted by molar-refractivity contribution is -0.136. The van der Waals surface area contributed by atoms with Gasteiger partial charge >= 0.3 is 11.8 Å². The van der Waals surface area contributed by atoms with Gasteiger partial charge in [0.05, 0.1) is 17.2 Å². The number of nitrogens with zero attached hydrogens (tertiary/aromatic N) is 1. The summed E-state index contributed by atoms with van der Waals surface area (Å²) in [7, 11) is 1.49. The summed E-state index contributed by atoms with van der Waals surface area (Å²) in [6.45, 7) is 0.568. The zero-order chi connectivity index (χ0) is 14.3. The number of hydrogen-bond acceptors (Lipinski definition) is 4. The van der Waals surface area contributed by atoms with Gasteiger partial charge in [0.1, 0.15) is 6.07 Å². The zero-order valence-corrected chi connectivity index (χ0v) is 11.0. The maximum absolute atomic E-state index is 11.5. The number of carbonyl (C=O) groups is 2. The van der Waals surface area contributed by atoms with Crippen LogP contribution in [0.25, 0.3) is 0 Å². The van der Waals surface area contributed by atoms with Crippen LogP contribution in [-0.2, 0) is 14.3 Å². The number of carbonyl (C=O) groups excluding carboxylic acids is 2. The number of hydrogen-bond donors (Lipinski definition) is 2. The molecule has 1 aromatic carbocycles. The molecule has 0 aliphatic rings. The first kappa shape index (κ1) is 15.0.